The molecule has 0 atom stereocenters. The summed E-state index contributed by atoms with van der Waals surface area (Å²) in [4.78, 5) is 38.9. The third-order valence-electron chi connectivity index (χ3n) is 4.40. The summed E-state index contributed by atoms with van der Waals surface area (Å²) >= 11 is 4.24. The standard InChI is InChI=1S/C23H23BrN2O4S/c1-4-7-30-19-6-5-17(24)11-16(19)12-20-22(28)26(23(29)31-20)13-21(27)25-18-9-14(2)8-15(3)10-18/h5-6,8-12H,4,7,13H2,1-3H3,(H,25,27)/b20-12+. The van der Waals surface area contributed by atoms with Crippen molar-refractivity contribution >= 4 is 56.5 Å². The van der Waals surface area contributed by atoms with Gasteiger partial charge in [0.05, 0.1) is 11.5 Å². The van der Waals surface area contributed by atoms with Crippen LogP contribution in [0, 0.1) is 13.8 Å². The Morgan fingerprint density at radius 3 is 2.55 bits per heavy atom. The Bertz CT molecular complexity index is 1050. The minimum absolute atomic E-state index is 0.253. The van der Waals surface area contributed by atoms with Crippen LogP contribution < -0.4 is 10.1 Å². The van der Waals surface area contributed by atoms with Crippen molar-refractivity contribution in [3.63, 3.8) is 0 Å². The Morgan fingerprint density at radius 1 is 1.16 bits per heavy atom. The molecular formula is C23H23BrN2O4S. The number of benzene rings is 2. The second kappa shape index (κ2) is 10.2. The lowest BCUT2D eigenvalue weighted by Crippen LogP contribution is -2.36. The fourth-order valence-corrected chi connectivity index (χ4v) is 4.35. The van der Waals surface area contributed by atoms with Crippen LogP contribution in [0.3, 0.4) is 0 Å². The van der Waals surface area contributed by atoms with E-state index in [1.54, 1.807) is 6.08 Å². The van der Waals surface area contributed by atoms with Gasteiger partial charge in [0.2, 0.25) is 5.91 Å². The minimum atomic E-state index is -0.494. The summed E-state index contributed by atoms with van der Waals surface area (Å²) in [7, 11) is 0. The first-order chi connectivity index (χ1) is 14.8. The molecule has 162 valence electrons. The highest BCUT2D eigenvalue weighted by molar-refractivity contribution is 9.10. The van der Waals surface area contributed by atoms with Crippen molar-refractivity contribution in [1.82, 2.24) is 4.90 Å². The van der Waals surface area contributed by atoms with Crippen molar-refractivity contribution < 1.29 is 19.1 Å². The maximum atomic E-state index is 12.8. The van der Waals surface area contributed by atoms with Crippen molar-refractivity contribution in [1.29, 1.82) is 0 Å². The van der Waals surface area contributed by atoms with Gasteiger partial charge in [-0.3, -0.25) is 19.3 Å². The summed E-state index contributed by atoms with van der Waals surface area (Å²) in [5, 5.41) is 2.28. The Labute approximate surface area is 194 Å². The number of rotatable bonds is 7. The molecule has 3 rings (SSSR count). The molecule has 2 aromatic carbocycles. The lowest BCUT2D eigenvalue weighted by molar-refractivity contribution is -0.127. The molecule has 6 nitrogen and oxygen atoms in total. The number of amides is 3. The number of anilines is 1. The quantitative estimate of drug-likeness (QED) is 0.503. The molecule has 1 N–H and O–H groups in total. The average Bonchev–Trinajstić information content (AvgIpc) is 2.94. The molecule has 0 aliphatic carbocycles. The number of ether oxygens (including phenoxy) is 1. The number of thioether (sulfide) groups is 1. The summed E-state index contributed by atoms with van der Waals surface area (Å²) in [6.45, 7) is 6.08. The van der Waals surface area contributed by atoms with E-state index >= 15 is 0 Å². The first-order valence-corrected chi connectivity index (χ1v) is 11.4. The molecule has 2 aromatic rings. The molecule has 0 radical (unpaired) electrons. The van der Waals surface area contributed by atoms with Gasteiger partial charge in [0.1, 0.15) is 12.3 Å². The minimum Gasteiger partial charge on any atom is -0.493 e. The molecule has 0 spiro atoms. The zero-order valence-corrected chi connectivity index (χ0v) is 19.9. The first kappa shape index (κ1) is 23.1. The summed E-state index contributed by atoms with van der Waals surface area (Å²) in [5.41, 5.74) is 3.35. The fraction of sp³-hybridized carbons (Fsp3) is 0.261. The number of halogens is 1. The molecule has 0 unspecified atom stereocenters. The van der Waals surface area contributed by atoms with E-state index in [1.165, 1.54) is 0 Å². The maximum Gasteiger partial charge on any atom is 0.294 e. The topological polar surface area (TPSA) is 75.7 Å². The number of aryl methyl sites for hydroxylation is 2. The Morgan fingerprint density at radius 2 is 1.87 bits per heavy atom. The molecular weight excluding hydrogens is 480 g/mol. The smallest absolute Gasteiger partial charge is 0.294 e. The normalized spacial score (nSPS) is 15.0. The van der Waals surface area contributed by atoms with Crippen LogP contribution in [0.1, 0.15) is 30.0 Å². The highest BCUT2D eigenvalue weighted by Gasteiger charge is 2.36. The van der Waals surface area contributed by atoms with Crippen molar-refractivity contribution in [3.05, 3.63) is 62.5 Å². The summed E-state index contributed by atoms with van der Waals surface area (Å²) in [5.74, 6) is -0.292. The van der Waals surface area contributed by atoms with Crippen LogP contribution in [-0.4, -0.2) is 35.1 Å². The van der Waals surface area contributed by atoms with Crippen LogP contribution in [0.4, 0.5) is 10.5 Å². The highest BCUT2D eigenvalue weighted by Crippen LogP contribution is 2.35. The summed E-state index contributed by atoms with van der Waals surface area (Å²) < 4.78 is 6.57. The van der Waals surface area contributed by atoms with Gasteiger partial charge in [-0.25, -0.2) is 0 Å². The van der Waals surface area contributed by atoms with Gasteiger partial charge >= 0.3 is 0 Å². The third-order valence-corrected chi connectivity index (χ3v) is 5.80. The van der Waals surface area contributed by atoms with Gasteiger partial charge in [0.15, 0.2) is 0 Å². The molecule has 0 aromatic heterocycles. The lowest BCUT2D eigenvalue weighted by atomic mass is 10.1. The second-order valence-corrected chi connectivity index (χ2v) is 9.13. The number of carbonyl (C=O) groups is 3. The zero-order valence-electron chi connectivity index (χ0n) is 17.5. The highest BCUT2D eigenvalue weighted by atomic mass is 79.9. The Balaban J connectivity index is 1.75. The van der Waals surface area contributed by atoms with E-state index in [1.807, 2.05) is 57.2 Å². The molecule has 1 fully saturated rings. The largest absolute Gasteiger partial charge is 0.493 e. The van der Waals surface area contributed by atoms with Gasteiger partial charge in [-0.1, -0.05) is 28.9 Å². The average molecular weight is 503 g/mol. The van der Waals surface area contributed by atoms with Crippen LogP contribution in [0.15, 0.2) is 45.8 Å². The molecule has 1 aliphatic heterocycles. The van der Waals surface area contributed by atoms with E-state index in [0.29, 0.717) is 23.6 Å². The number of hydrogen-bond acceptors (Lipinski definition) is 5. The van der Waals surface area contributed by atoms with E-state index in [9.17, 15) is 14.4 Å². The molecule has 1 heterocycles. The number of nitrogens with zero attached hydrogens (tertiary/aromatic N) is 1. The van der Waals surface area contributed by atoms with E-state index in [0.717, 1.165) is 38.7 Å². The van der Waals surface area contributed by atoms with Crippen LogP contribution in [-0.2, 0) is 9.59 Å². The van der Waals surface area contributed by atoms with Crippen molar-refractivity contribution in [2.24, 2.45) is 0 Å². The van der Waals surface area contributed by atoms with E-state index in [-0.39, 0.29) is 11.4 Å². The Kier molecular flexibility index (Phi) is 7.56. The number of imide groups is 1. The predicted octanol–water partition coefficient (Wildman–Crippen LogP) is 5.53. The number of hydrogen-bond donors (Lipinski definition) is 1. The second-order valence-electron chi connectivity index (χ2n) is 7.22. The molecule has 1 saturated heterocycles. The van der Waals surface area contributed by atoms with Gasteiger partial charge in [0.25, 0.3) is 11.1 Å². The summed E-state index contributed by atoms with van der Waals surface area (Å²) in [6, 6.07) is 11.2. The third kappa shape index (κ3) is 5.98. The van der Waals surface area contributed by atoms with Crippen LogP contribution in [0.2, 0.25) is 0 Å². The predicted molar refractivity (Wildman–Crippen MR) is 127 cm³/mol. The number of carbonyl (C=O) groups excluding carboxylic acids is 3. The lowest BCUT2D eigenvalue weighted by Gasteiger charge is -2.13. The van der Waals surface area contributed by atoms with Crippen LogP contribution >= 0.6 is 27.7 Å². The van der Waals surface area contributed by atoms with E-state index in [4.69, 9.17) is 4.74 Å². The van der Waals surface area contributed by atoms with Gasteiger partial charge in [-0.2, -0.15) is 0 Å². The summed E-state index contributed by atoms with van der Waals surface area (Å²) in [6.07, 6.45) is 2.48. The van der Waals surface area contributed by atoms with Gasteiger partial charge in [-0.05, 0) is 79.6 Å². The van der Waals surface area contributed by atoms with Crippen molar-refractivity contribution in [3.8, 4) is 5.75 Å². The SMILES string of the molecule is CCCOc1ccc(Br)cc1/C=C1/SC(=O)N(CC(=O)Nc2cc(C)cc(C)c2)C1=O. The first-order valence-electron chi connectivity index (χ1n) is 9.82. The van der Waals surface area contributed by atoms with Crippen molar-refractivity contribution in [2.45, 2.75) is 27.2 Å². The molecule has 0 saturated carbocycles. The molecule has 31 heavy (non-hydrogen) atoms. The fourth-order valence-electron chi connectivity index (χ4n) is 3.14. The molecule has 8 heteroatoms. The molecule has 1 aliphatic rings. The van der Waals surface area contributed by atoms with Gasteiger partial charge < -0.3 is 10.1 Å². The zero-order chi connectivity index (χ0) is 22.5. The van der Waals surface area contributed by atoms with Gasteiger partial charge in [0, 0.05) is 15.7 Å². The Hall–Kier alpha value is -2.58. The van der Waals surface area contributed by atoms with Crippen LogP contribution in [0.25, 0.3) is 6.08 Å². The van der Waals surface area contributed by atoms with E-state index < -0.39 is 17.1 Å². The van der Waals surface area contributed by atoms with E-state index in [2.05, 4.69) is 21.2 Å². The molecule has 0 bridgehead atoms. The number of nitrogens with one attached hydrogen (secondary N) is 1. The molecule has 3 amide bonds. The maximum absolute atomic E-state index is 12.8. The van der Waals surface area contributed by atoms with Crippen molar-refractivity contribution in [2.75, 3.05) is 18.5 Å². The van der Waals surface area contributed by atoms with Gasteiger partial charge in [-0.15, -0.1) is 0 Å². The monoisotopic (exact) mass is 502 g/mol. The van der Waals surface area contributed by atoms with Crippen LogP contribution in [0.5, 0.6) is 5.75 Å².